The molecule has 19 heavy (non-hydrogen) atoms. The zero-order chi connectivity index (χ0) is 14.0. The molecular weight excluding hydrogens is 305 g/mol. The molecule has 0 unspecified atom stereocenters. The van der Waals surface area contributed by atoms with E-state index < -0.39 is 0 Å². The molecule has 2 aromatic carbocycles. The molecular formula is C14H12Cl3NO. The molecule has 5 heteroatoms. The Hall–Kier alpha value is -1.09. The summed E-state index contributed by atoms with van der Waals surface area (Å²) in [6.45, 7) is 2.42. The van der Waals surface area contributed by atoms with Gasteiger partial charge in [0.2, 0.25) is 0 Å². The standard InChI is InChI=1S/C14H12Cl3NO/c1-8-2-3-14(19)9(4-8)7-18-13-6-11(16)10(15)5-12(13)17/h2-6,18-19H,7H2,1H3. The van der Waals surface area contributed by atoms with E-state index in [1.807, 2.05) is 19.1 Å². The minimum atomic E-state index is 0.245. The molecule has 0 fully saturated rings. The molecule has 0 radical (unpaired) electrons. The van der Waals surface area contributed by atoms with Crippen LogP contribution in [0.15, 0.2) is 30.3 Å². The number of phenols is 1. The van der Waals surface area contributed by atoms with Crippen LogP contribution in [0.5, 0.6) is 5.75 Å². The van der Waals surface area contributed by atoms with E-state index in [-0.39, 0.29) is 5.75 Å². The monoisotopic (exact) mass is 315 g/mol. The molecule has 0 spiro atoms. The van der Waals surface area contributed by atoms with Crippen molar-refractivity contribution >= 4 is 40.5 Å². The smallest absolute Gasteiger partial charge is 0.120 e. The molecule has 0 heterocycles. The van der Waals surface area contributed by atoms with Crippen molar-refractivity contribution in [2.24, 2.45) is 0 Å². The molecule has 0 amide bonds. The van der Waals surface area contributed by atoms with Gasteiger partial charge in [-0.05, 0) is 25.1 Å². The molecule has 0 aliphatic carbocycles. The fraction of sp³-hybridized carbons (Fsp3) is 0.143. The molecule has 2 nitrogen and oxygen atoms in total. The SMILES string of the molecule is Cc1ccc(O)c(CNc2cc(Cl)c(Cl)cc2Cl)c1. The molecule has 0 aliphatic heterocycles. The fourth-order valence-corrected chi connectivity index (χ4v) is 2.32. The Morgan fingerprint density at radius 2 is 1.68 bits per heavy atom. The Balaban J connectivity index is 2.19. The van der Waals surface area contributed by atoms with Crippen LogP contribution in [0.25, 0.3) is 0 Å². The molecule has 0 saturated heterocycles. The quantitative estimate of drug-likeness (QED) is 0.756. The number of benzene rings is 2. The number of halogens is 3. The lowest BCUT2D eigenvalue weighted by Crippen LogP contribution is -2.00. The second-order valence-electron chi connectivity index (χ2n) is 4.23. The van der Waals surface area contributed by atoms with Crippen LogP contribution in [-0.4, -0.2) is 5.11 Å². The highest BCUT2D eigenvalue weighted by molar-refractivity contribution is 6.44. The number of rotatable bonds is 3. The zero-order valence-electron chi connectivity index (χ0n) is 10.2. The third-order valence-electron chi connectivity index (χ3n) is 2.71. The molecule has 0 atom stereocenters. The first-order chi connectivity index (χ1) is 8.97. The largest absolute Gasteiger partial charge is 0.508 e. The Morgan fingerprint density at radius 3 is 2.42 bits per heavy atom. The summed E-state index contributed by atoms with van der Waals surface area (Å²) in [6, 6.07) is 8.68. The first kappa shape index (κ1) is 14.3. The molecule has 2 rings (SSSR count). The van der Waals surface area contributed by atoms with E-state index in [9.17, 15) is 5.11 Å². The van der Waals surface area contributed by atoms with Crippen LogP contribution in [0.2, 0.25) is 15.1 Å². The van der Waals surface area contributed by atoms with Gasteiger partial charge in [0.1, 0.15) is 5.75 Å². The van der Waals surface area contributed by atoms with E-state index >= 15 is 0 Å². The number of aryl methyl sites for hydroxylation is 1. The van der Waals surface area contributed by atoms with E-state index in [1.165, 1.54) is 0 Å². The summed E-state index contributed by atoms with van der Waals surface area (Å²) in [5.74, 6) is 0.245. The average Bonchev–Trinajstić information content (AvgIpc) is 2.36. The van der Waals surface area contributed by atoms with E-state index in [4.69, 9.17) is 34.8 Å². The van der Waals surface area contributed by atoms with Gasteiger partial charge in [-0.25, -0.2) is 0 Å². The third-order valence-corrected chi connectivity index (χ3v) is 3.75. The summed E-state index contributed by atoms with van der Waals surface area (Å²) in [5, 5.41) is 14.2. The lowest BCUT2D eigenvalue weighted by molar-refractivity contribution is 0.469. The lowest BCUT2D eigenvalue weighted by atomic mass is 10.1. The van der Waals surface area contributed by atoms with Crippen LogP contribution < -0.4 is 5.32 Å². The highest BCUT2D eigenvalue weighted by Crippen LogP contribution is 2.32. The molecule has 2 aromatic rings. The van der Waals surface area contributed by atoms with Crippen LogP contribution >= 0.6 is 34.8 Å². The summed E-state index contributed by atoms with van der Waals surface area (Å²) in [5.41, 5.74) is 2.55. The molecule has 0 aliphatic rings. The number of aromatic hydroxyl groups is 1. The van der Waals surface area contributed by atoms with Crippen molar-refractivity contribution in [3.8, 4) is 5.75 Å². The van der Waals surface area contributed by atoms with Crippen molar-refractivity contribution in [3.63, 3.8) is 0 Å². The van der Waals surface area contributed by atoms with Gasteiger partial charge >= 0.3 is 0 Å². The summed E-state index contributed by atoms with van der Waals surface area (Å²) in [4.78, 5) is 0. The van der Waals surface area contributed by atoms with Gasteiger partial charge < -0.3 is 10.4 Å². The van der Waals surface area contributed by atoms with Gasteiger partial charge in [0, 0.05) is 12.1 Å². The van der Waals surface area contributed by atoms with Crippen molar-refractivity contribution in [1.82, 2.24) is 0 Å². The number of hydrogen-bond donors (Lipinski definition) is 2. The van der Waals surface area contributed by atoms with E-state index in [2.05, 4.69) is 5.32 Å². The maximum Gasteiger partial charge on any atom is 0.120 e. The van der Waals surface area contributed by atoms with Gasteiger partial charge in [0.25, 0.3) is 0 Å². The van der Waals surface area contributed by atoms with Crippen molar-refractivity contribution in [1.29, 1.82) is 0 Å². The van der Waals surface area contributed by atoms with Crippen molar-refractivity contribution < 1.29 is 5.11 Å². The van der Waals surface area contributed by atoms with Gasteiger partial charge in [-0.15, -0.1) is 0 Å². The minimum Gasteiger partial charge on any atom is -0.508 e. The Labute approximate surface area is 126 Å². The summed E-state index contributed by atoms with van der Waals surface area (Å²) in [6.07, 6.45) is 0. The molecule has 0 aromatic heterocycles. The lowest BCUT2D eigenvalue weighted by Gasteiger charge is -2.11. The Morgan fingerprint density at radius 1 is 1.00 bits per heavy atom. The zero-order valence-corrected chi connectivity index (χ0v) is 12.4. The molecule has 2 N–H and O–H groups in total. The predicted molar refractivity (Wildman–Crippen MR) is 81.6 cm³/mol. The first-order valence-electron chi connectivity index (χ1n) is 5.64. The average molecular weight is 317 g/mol. The number of nitrogens with one attached hydrogen (secondary N) is 1. The summed E-state index contributed by atoms with van der Waals surface area (Å²) < 4.78 is 0. The number of hydrogen-bond acceptors (Lipinski definition) is 2. The molecule has 0 saturated carbocycles. The van der Waals surface area contributed by atoms with Gasteiger partial charge in [-0.1, -0.05) is 52.5 Å². The van der Waals surface area contributed by atoms with Crippen LogP contribution in [-0.2, 0) is 6.54 Å². The van der Waals surface area contributed by atoms with Crippen LogP contribution in [0, 0.1) is 6.92 Å². The van der Waals surface area contributed by atoms with Crippen molar-refractivity contribution in [2.45, 2.75) is 13.5 Å². The fourth-order valence-electron chi connectivity index (χ4n) is 1.70. The molecule has 0 bridgehead atoms. The predicted octanol–water partition coefficient (Wildman–Crippen LogP) is 5.27. The number of anilines is 1. The Kier molecular flexibility index (Phi) is 4.46. The van der Waals surface area contributed by atoms with Crippen LogP contribution in [0.1, 0.15) is 11.1 Å². The normalized spacial score (nSPS) is 10.5. The van der Waals surface area contributed by atoms with E-state index in [0.29, 0.717) is 27.3 Å². The van der Waals surface area contributed by atoms with Crippen LogP contribution in [0.4, 0.5) is 5.69 Å². The van der Waals surface area contributed by atoms with Gasteiger partial charge in [0.15, 0.2) is 0 Å². The second-order valence-corrected chi connectivity index (χ2v) is 5.45. The summed E-state index contributed by atoms with van der Waals surface area (Å²) >= 11 is 17.9. The highest BCUT2D eigenvalue weighted by atomic mass is 35.5. The maximum atomic E-state index is 9.76. The van der Waals surface area contributed by atoms with E-state index in [1.54, 1.807) is 18.2 Å². The summed E-state index contributed by atoms with van der Waals surface area (Å²) in [7, 11) is 0. The van der Waals surface area contributed by atoms with Crippen molar-refractivity contribution in [2.75, 3.05) is 5.32 Å². The van der Waals surface area contributed by atoms with Crippen molar-refractivity contribution in [3.05, 3.63) is 56.5 Å². The Bertz CT molecular complexity index is 614. The molecule has 100 valence electrons. The van der Waals surface area contributed by atoms with Crippen LogP contribution in [0.3, 0.4) is 0 Å². The highest BCUT2D eigenvalue weighted by Gasteiger charge is 2.07. The third kappa shape index (κ3) is 3.47. The van der Waals surface area contributed by atoms with Gasteiger partial charge in [-0.2, -0.15) is 0 Å². The van der Waals surface area contributed by atoms with E-state index in [0.717, 1.165) is 11.1 Å². The van der Waals surface area contributed by atoms with Gasteiger partial charge in [-0.3, -0.25) is 0 Å². The number of phenolic OH excluding ortho intramolecular Hbond substituents is 1. The first-order valence-corrected chi connectivity index (χ1v) is 6.77. The second kappa shape index (κ2) is 5.91. The van der Waals surface area contributed by atoms with Gasteiger partial charge in [0.05, 0.1) is 20.8 Å². The maximum absolute atomic E-state index is 9.76. The topological polar surface area (TPSA) is 32.3 Å². The minimum absolute atomic E-state index is 0.245.